The van der Waals surface area contributed by atoms with Crippen LogP contribution in [0.5, 0.6) is 0 Å². The minimum Gasteiger partial charge on any atom is -0.345 e. The summed E-state index contributed by atoms with van der Waals surface area (Å²) in [7, 11) is 0. The van der Waals surface area contributed by atoms with E-state index in [0.29, 0.717) is 12.0 Å². The Morgan fingerprint density at radius 3 is 2.96 bits per heavy atom. The second-order valence-electron chi connectivity index (χ2n) is 5.89. The van der Waals surface area contributed by atoms with Crippen LogP contribution < -0.4 is 4.90 Å². The fourth-order valence-corrected chi connectivity index (χ4v) is 3.87. The molecule has 7 heteroatoms. The van der Waals surface area contributed by atoms with Crippen molar-refractivity contribution in [2.45, 2.75) is 19.4 Å². The van der Waals surface area contributed by atoms with Gasteiger partial charge in [-0.25, -0.2) is 4.98 Å². The quantitative estimate of drug-likeness (QED) is 0.741. The van der Waals surface area contributed by atoms with Crippen molar-refractivity contribution >= 4 is 16.5 Å². The van der Waals surface area contributed by atoms with Crippen molar-refractivity contribution in [3.63, 3.8) is 0 Å². The van der Waals surface area contributed by atoms with Gasteiger partial charge in [-0.2, -0.15) is 0 Å². The lowest BCUT2D eigenvalue weighted by Crippen LogP contribution is -2.40. The summed E-state index contributed by atoms with van der Waals surface area (Å²) in [5.41, 5.74) is 0.882. The number of nitrogens with zero attached hydrogens (tertiary/aromatic N) is 6. The molecule has 0 aliphatic carbocycles. The number of imidazole rings is 1. The van der Waals surface area contributed by atoms with Crippen LogP contribution in [0.25, 0.3) is 10.7 Å². The van der Waals surface area contributed by atoms with Gasteiger partial charge in [0.25, 0.3) is 0 Å². The highest BCUT2D eigenvalue weighted by molar-refractivity contribution is 7.18. The molecule has 0 radical (unpaired) electrons. The van der Waals surface area contributed by atoms with E-state index in [4.69, 9.17) is 0 Å². The molecule has 0 spiro atoms. The van der Waals surface area contributed by atoms with Gasteiger partial charge in [0.1, 0.15) is 5.69 Å². The van der Waals surface area contributed by atoms with Crippen molar-refractivity contribution in [2.75, 3.05) is 18.0 Å². The lowest BCUT2D eigenvalue weighted by atomic mass is 9.93. The molecular formula is C16H18N6S. The molecule has 118 valence electrons. The molecule has 23 heavy (non-hydrogen) atoms. The van der Waals surface area contributed by atoms with Crippen LogP contribution in [0.2, 0.25) is 0 Å². The first-order chi connectivity index (χ1) is 11.3. The summed E-state index contributed by atoms with van der Waals surface area (Å²) in [5, 5.41) is 10.5. The maximum absolute atomic E-state index is 4.39. The minimum absolute atomic E-state index is 0.424. The number of pyridine rings is 1. The second-order valence-corrected chi connectivity index (χ2v) is 6.85. The van der Waals surface area contributed by atoms with Crippen LogP contribution in [0.15, 0.2) is 43.1 Å². The minimum atomic E-state index is 0.424. The normalized spacial score (nSPS) is 21.5. The van der Waals surface area contributed by atoms with Gasteiger partial charge < -0.3 is 9.47 Å². The summed E-state index contributed by atoms with van der Waals surface area (Å²) in [6.07, 6.45) is 8.72. The molecule has 0 aromatic carbocycles. The lowest BCUT2D eigenvalue weighted by Gasteiger charge is -2.37. The molecule has 0 saturated carbocycles. The van der Waals surface area contributed by atoms with E-state index in [0.717, 1.165) is 35.3 Å². The maximum Gasteiger partial charge on any atom is 0.208 e. The van der Waals surface area contributed by atoms with E-state index in [1.807, 2.05) is 36.9 Å². The summed E-state index contributed by atoms with van der Waals surface area (Å²) < 4.78 is 2.21. The van der Waals surface area contributed by atoms with Crippen molar-refractivity contribution in [1.82, 2.24) is 24.7 Å². The number of hydrogen-bond acceptors (Lipinski definition) is 6. The zero-order chi connectivity index (χ0) is 15.6. The van der Waals surface area contributed by atoms with Gasteiger partial charge in [-0.3, -0.25) is 4.98 Å². The highest BCUT2D eigenvalue weighted by Gasteiger charge is 2.29. The molecule has 1 fully saturated rings. The van der Waals surface area contributed by atoms with E-state index in [1.54, 1.807) is 17.5 Å². The third-order valence-electron chi connectivity index (χ3n) is 4.40. The predicted octanol–water partition coefficient (Wildman–Crippen LogP) is 2.88. The molecule has 1 aliphatic rings. The third kappa shape index (κ3) is 2.84. The van der Waals surface area contributed by atoms with Crippen LogP contribution in [0.1, 0.15) is 19.4 Å². The fraction of sp³-hybridized carbons (Fsp3) is 0.375. The van der Waals surface area contributed by atoms with E-state index in [9.17, 15) is 0 Å². The molecule has 0 N–H and O–H groups in total. The molecule has 0 bridgehead atoms. The smallest absolute Gasteiger partial charge is 0.208 e. The van der Waals surface area contributed by atoms with Gasteiger partial charge in [0.15, 0.2) is 5.01 Å². The number of rotatable bonds is 3. The van der Waals surface area contributed by atoms with E-state index in [-0.39, 0.29) is 0 Å². The van der Waals surface area contributed by atoms with E-state index < -0.39 is 0 Å². The highest BCUT2D eigenvalue weighted by atomic mass is 32.1. The van der Waals surface area contributed by atoms with E-state index in [2.05, 4.69) is 36.6 Å². The molecule has 4 heterocycles. The van der Waals surface area contributed by atoms with Crippen LogP contribution >= 0.6 is 11.3 Å². The van der Waals surface area contributed by atoms with Crippen molar-refractivity contribution in [3.05, 3.63) is 43.1 Å². The topological polar surface area (TPSA) is 59.7 Å². The Bertz CT molecular complexity index is 754. The molecule has 0 amide bonds. The number of piperidine rings is 1. The summed E-state index contributed by atoms with van der Waals surface area (Å²) in [6, 6.07) is 6.28. The van der Waals surface area contributed by atoms with Crippen LogP contribution in [0, 0.1) is 5.92 Å². The summed E-state index contributed by atoms with van der Waals surface area (Å²) in [5.74, 6) is 0.628. The Labute approximate surface area is 138 Å². The van der Waals surface area contributed by atoms with Crippen LogP contribution in [-0.2, 0) is 0 Å². The molecule has 6 nitrogen and oxygen atoms in total. The van der Waals surface area contributed by atoms with Crippen molar-refractivity contribution < 1.29 is 0 Å². The summed E-state index contributed by atoms with van der Waals surface area (Å²) >= 11 is 1.61. The maximum atomic E-state index is 4.39. The van der Waals surface area contributed by atoms with Gasteiger partial charge >= 0.3 is 0 Å². The van der Waals surface area contributed by atoms with Gasteiger partial charge in [-0.15, -0.1) is 10.2 Å². The zero-order valence-corrected chi connectivity index (χ0v) is 13.7. The predicted molar refractivity (Wildman–Crippen MR) is 90.4 cm³/mol. The van der Waals surface area contributed by atoms with Crippen molar-refractivity contribution in [2.24, 2.45) is 5.92 Å². The van der Waals surface area contributed by atoms with Crippen LogP contribution in [0.3, 0.4) is 0 Å². The zero-order valence-electron chi connectivity index (χ0n) is 12.9. The average molecular weight is 326 g/mol. The van der Waals surface area contributed by atoms with Gasteiger partial charge in [-0.05, 0) is 24.5 Å². The van der Waals surface area contributed by atoms with Gasteiger partial charge in [0.05, 0.1) is 12.4 Å². The summed E-state index contributed by atoms with van der Waals surface area (Å²) in [4.78, 5) is 10.9. The molecular weight excluding hydrogens is 308 g/mol. The number of aromatic nitrogens is 5. The average Bonchev–Trinajstić information content (AvgIpc) is 3.28. The van der Waals surface area contributed by atoms with E-state index in [1.165, 1.54) is 0 Å². The standard InChI is InChI=1S/C16H18N6S/c1-12-5-8-21(10-14(12)22-9-7-17-11-22)16-20-19-15(23-16)13-4-2-3-6-18-13/h2-4,6-7,9,11-12,14H,5,8,10H2,1H3. The first-order valence-corrected chi connectivity index (χ1v) is 8.60. The van der Waals surface area contributed by atoms with Crippen LogP contribution in [-0.4, -0.2) is 37.8 Å². The molecule has 1 aliphatic heterocycles. The molecule has 4 rings (SSSR count). The second kappa shape index (κ2) is 6.08. The Morgan fingerprint density at radius 1 is 1.22 bits per heavy atom. The Balaban J connectivity index is 1.55. The van der Waals surface area contributed by atoms with Crippen LogP contribution in [0.4, 0.5) is 5.13 Å². The molecule has 3 aromatic rings. The summed E-state index contributed by atoms with van der Waals surface area (Å²) in [6.45, 7) is 4.26. The first kappa shape index (κ1) is 14.3. The molecule has 3 aromatic heterocycles. The van der Waals surface area contributed by atoms with Gasteiger partial charge in [0.2, 0.25) is 5.13 Å². The Hall–Kier alpha value is -2.28. The largest absolute Gasteiger partial charge is 0.345 e. The SMILES string of the molecule is CC1CCN(c2nnc(-c3ccccn3)s2)CC1n1ccnc1. The monoisotopic (exact) mass is 326 g/mol. The number of anilines is 1. The first-order valence-electron chi connectivity index (χ1n) is 7.78. The van der Waals surface area contributed by atoms with Gasteiger partial charge in [-0.1, -0.05) is 24.3 Å². The van der Waals surface area contributed by atoms with Crippen molar-refractivity contribution in [3.8, 4) is 10.7 Å². The molecule has 2 unspecified atom stereocenters. The fourth-order valence-electron chi connectivity index (χ4n) is 3.01. The van der Waals surface area contributed by atoms with Crippen molar-refractivity contribution in [1.29, 1.82) is 0 Å². The Morgan fingerprint density at radius 2 is 2.17 bits per heavy atom. The molecule has 2 atom stereocenters. The lowest BCUT2D eigenvalue weighted by molar-refractivity contribution is 0.298. The highest BCUT2D eigenvalue weighted by Crippen LogP contribution is 2.33. The number of hydrogen-bond donors (Lipinski definition) is 0. The van der Waals surface area contributed by atoms with Gasteiger partial charge in [0, 0.05) is 31.7 Å². The third-order valence-corrected chi connectivity index (χ3v) is 5.40. The molecule has 1 saturated heterocycles. The van der Waals surface area contributed by atoms with E-state index >= 15 is 0 Å². The Kier molecular flexibility index (Phi) is 3.78.